The van der Waals surface area contributed by atoms with Crippen molar-refractivity contribution in [3.05, 3.63) is 69.9 Å². The third-order valence-electron chi connectivity index (χ3n) is 4.94. The zero-order valence-electron chi connectivity index (χ0n) is 16.3. The van der Waals surface area contributed by atoms with Crippen LogP contribution in [0.3, 0.4) is 0 Å². The van der Waals surface area contributed by atoms with Gasteiger partial charge in [0.2, 0.25) is 0 Å². The molecular formula is C22H25F2NO3S. The number of aliphatic hydroxyl groups is 1. The highest BCUT2D eigenvalue weighted by Gasteiger charge is 2.39. The van der Waals surface area contributed by atoms with Gasteiger partial charge >= 0.3 is 12.0 Å². The maximum atomic E-state index is 14.5. The van der Waals surface area contributed by atoms with Crippen LogP contribution in [-0.4, -0.2) is 41.4 Å². The van der Waals surface area contributed by atoms with Crippen LogP contribution in [0.25, 0.3) is 0 Å². The van der Waals surface area contributed by atoms with Gasteiger partial charge in [0.15, 0.2) is 0 Å². The predicted octanol–water partition coefficient (Wildman–Crippen LogP) is 4.91. The molecule has 1 aromatic heterocycles. The van der Waals surface area contributed by atoms with Gasteiger partial charge in [-0.15, -0.1) is 11.3 Å². The van der Waals surface area contributed by atoms with E-state index >= 15 is 0 Å². The van der Waals surface area contributed by atoms with Crippen molar-refractivity contribution in [2.45, 2.75) is 44.3 Å². The second-order valence-electron chi connectivity index (χ2n) is 7.10. The Labute approximate surface area is 173 Å². The van der Waals surface area contributed by atoms with Crippen LogP contribution in [0.15, 0.2) is 54.6 Å². The van der Waals surface area contributed by atoms with Crippen LogP contribution < -0.4 is 0 Å². The molecule has 1 aliphatic heterocycles. The molecule has 0 spiro atoms. The molecule has 1 amide bonds. The highest BCUT2D eigenvalue weighted by atomic mass is 32.1. The van der Waals surface area contributed by atoms with Crippen molar-refractivity contribution in [3.8, 4) is 0 Å². The van der Waals surface area contributed by atoms with Crippen molar-refractivity contribution in [2.24, 2.45) is 0 Å². The summed E-state index contributed by atoms with van der Waals surface area (Å²) in [5.41, 5.74) is -0.247. The van der Waals surface area contributed by atoms with Crippen molar-refractivity contribution in [3.63, 3.8) is 0 Å². The number of thiophene rings is 1. The van der Waals surface area contributed by atoms with Crippen LogP contribution in [-0.2, 0) is 17.1 Å². The van der Waals surface area contributed by atoms with Crippen LogP contribution in [0.2, 0.25) is 0 Å². The van der Waals surface area contributed by atoms with Gasteiger partial charge in [0.25, 0.3) is 0 Å². The molecule has 1 aliphatic rings. The number of ether oxygens (including phenoxy) is 1. The minimum Gasteiger partial charge on any atom is -0.449 e. The first-order valence-corrected chi connectivity index (χ1v) is 10.5. The topological polar surface area (TPSA) is 49.8 Å². The minimum absolute atomic E-state index is 0.236. The maximum absolute atomic E-state index is 14.5. The number of aliphatic hydroxyl groups excluding tert-OH is 1. The van der Waals surface area contributed by atoms with E-state index < -0.39 is 18.1 Å². The Hall–Kier alpha value is -2.25. The first-order chi connectivity index (χ1) is 13.9. The number of carbonyl (C=O) groups excluding carboxylic acids is 1. The minimum atomic E-state index is -3.41. The smallest absolute Gasteiger partial charge is 0.410 e. The number of amides is 1. The summed E-state index contributed by atoms with van der Waals surface area (Å²) in [5, 5.41) is 10.1. The van der Waals surface area contributed by atoms with E-state index in [1.807, 2.05) is 6.92 Å². The van der Waals surface area contributed by atoms with E-state index in [-0.39, 0.29) is 18.2 Å². The van der Waals surface area contributed by atoms with E-state index in [4.69, 9.17) is 4.74 Å². The van der Waals surface area contributed by atoms with Crippen LogP contribution in [0.1, 0.15) is 28.2 Å². The summed E-state index contributed by atoms with van der Waals surface area (Å²) in [6.45, 7) is 2.75. The van der Waals surface area contributed by atoms with Gasteiger partial charge in [-0.2, -0.15) is 8.78 Å². The molecule has 7 heteroatoms. The number of nitrogens with zero attached hydrogens (tertiary/aromatic N) is 1. The molecule has 156 valence electrons. The average molecular weight is 422 g/mol. The fraction of sp³-hybridized carbons (Fsp3) is 0.409. The van der Waals surface area contributed by atoms with Crippen molar-refractivity contribution in [2.75, 3.05) is 13.2 Å². The lowest BCUT2D eigenvalue weighted by Crippen LogP contribution is -2.45. The molecule has 2 heterocycles. The lowest BCUT2D eigenvalue weighted by Gasteiger charge is -2.33. The van der Waals surface area contributed by atoms with Crippen LogP contribution in [0, 0.1) is 6.92 Å². The van der Waals surface area contributed by atoms with E-state index in [9.17, 15) is 18.7 Å². The van der Waals surface area contributed by atoms with E-state index in [1.165, 1.54) is 40.1 Å². The third-order valence-corrected chi connectivity index (χ3v) is 6.00. The van der Waals surface area contributed by atoms with Gasteiger partial charge < -0.3 is 14.7 Å². The molecule has 1 aromatic carbocycles. The molecule has 1 N–H and O–H groups in total. The van der Waals surface area contributed by atoms with Crippen molar-refractivity contribution in [1.29, 1.82) is 0 Å². The van der Waals surface area contributed by atoms with Gasteiger partial charge in [0.05, 0.1) is 12.6 Å². The largest absolute Gasteiger partial charge is 0.449 e. The predicted molar refractivity (Wildman–Crippen MR) is 109 cm³/mol. The molecule has 0 aliphatic carbocycles. The highest BCUT2D eigenvalue weighted by molar-refractivity contribution is 7.11. The van der Waals surface area contributed by atoms with E-state index in [0.717, 1.165) is 18.9 Å². The molecule has 0 saturated carbocycles. The first-order valence-electron chi connectivity index (χ1n) is 9.66. The van der Waals surface area contributed by atoms with Gasteiger partial charge in [-0.25, -0.2) is 4.79 Å². The maximum Gasteiger partial charge on any atom is 0.410 e. The van der Waals surface area contributed by atoms with E-state index in [1.54, 1.807) is 22.3 Å². The molecule has 1 unspecified atom stereocenters. The second-order valence-corrected chi connectivity index (χ2v) is 8.47. The monoisotopic (exact) mass is 421 g/mol. The van der Waals surface area contributed by atoms with E-state index in [2.05, 4.69) is 12.1 Å². The Bertz CT molecular complexity index is 838. The van der Waals surface area contributed by atoms with Crippen molar-refractivity contribution in [1.82, 2.24) is 4.90 Å². The SMILES string of the molecule is Cc1ccc(CCCN2C(=O)OCC[C@@H]2/C=C/C(O)C(F)(F)c2ccccc2)s1. The summed E-state index contributed by atoms with van der Waals surface area (Å²) >= 11 is 1.73. The summed E-state index contributed by atoms with van der Waals surface area (Å²) in [4.78, 5) is 16.2. The Morgan fingerprint density at radius 1 is 1.31 bits per heavy atom. The molecular weight excluding hydrogens is 396 g/mol. The Balaban J connectivity index is 1.62. The Morgan fingerprint density at radius 3 is 2.76 bits per heavy atom. The lowest BCUT2D eigenvalue weighted by atomic mass is 10.0. The van der Waals surface area contributed by atoms with Gasteiger partial charge in [-0.3, -0.25) is 0 Å². The summed E-state index contributed by atoms with van der Waals surface area (Å²) in [5.74, 6) is -3.41. The van der Waals surface area contributed by atoms with E-state index in [0.29, 0.717) is 13.0 Å². The normalized spacial score (nSPS) is 18.8. The summed E-state index contributed by atoms with van der Waals surface area (Å²) < 4.78 is 34.0. The number of cyclic esters (lactones) is 1. The van der Waals surface area contributed by atoms with Crippen LogP contribution in [0.4, 0.5) is 13.6 Å². The zero-order valence-corrected chi connectivity index (χ0v) is 17.1. The molecule has 1 saturated heterocycles. The lowest BCUT2D eigenvalue weighted by molar-refractivity contribution is -0.0930. The third kappa shape index (κ3) is 5.42. The second kappa shape index (κ2) is 9.50. The Morgan fingerprint density at radius 2 is 2.07 bits per heavy atom. The number of aryl methyl sites for hydroxylation is 2. The molecule has 0 radical (unpaired) electrons. The molecule has 0 bridgehead atoms. The number of carbonyl (C=O) groups is 1. The van der Waals surface area contributed by atoms with Gasteiger partial charge in [0.1, 0.15) is 6.10 Å². The number of benzene rings is 1. The summed E-state index contributed by atoms with van der Waals surface area (Å²) in [7, 11) is 0. The number of hydrogen-bond donors (Lipinski definition) is 1. The van der Waals surface area contributed by atoms with Crippen LogP contribution in [0.5, 0.6) is 0 Å². The number of rotatable bonds is 8. The molecule has 3 rings (SSSR count). The Kier molecular flexibility index (Phi) is 7.03. The molecule has 2 atom stereocenters. The standard InChI is InChI=1S/C22H25F2NO3S/c1-16-9-11-19(29-16)8-5-14-25-18(13-15-28-21(25)27)10-12-20(26)22(23,24)17-6-3-2-4-7-17/h2-4,6-7,9-12,18,20,26H,5,8,13-15H2,1H3/b12-10+/t18-,20?/m0/s1. The number of hydrogen-bond acceptors (Lipinski definition) is 4. The quantitative estimate of drug-likeness (QED) is 0.616. The molecule has 29 heavy (non-hydrogen) atoms. The molecule has 4 nitrogen and oxygen atoms in total. The fourth-order valence-electron chi connectivity index (χ4n) is 3.33. The first kappa shape index (κ1) is 21.5. The average Bonchev–Trinajstić information content (AvgIpc) is 3.13. The highest BCUT2D eigenvalue weighted by Crippen LogP contribution is 2.32. The zero-order chi connectivity index (χ0) is 20.9. The van der Waals surface area contributed by atoms with Crippen molar-refractivity contribution >= 4 is 17.4 Å². The number of alkyl halides is 2. The van der Waals surface area contributed by atoms with Gasteiger partial charge in [-0.1, -0.05) is 42.5 Å². The molecule has 2 aromatic rings. The number of halogens is 2. The van der Waals surface area contributed by atoms with Crippen LogP contribution >= 0.6 is 11.3 Å². The summed E-state index contributed by atoms with van der Waals surface area (Å²) in [6.07, 6.45) is 2.26. The fourth-order valence-corrected chi connectivity index (χ4v) is 4.26. The summed E-state index contributed by atoms with van der Waals surface area (Å²) in [6, 6.07) is 11.0. The molecule has 1 fully saturated rings. The van der Waals surface area contributed by atoms with Crippen molar-refractivity contribution < 1.29 is 23.4 Å². The van der Waals surface area contributed by atoms with Gasteiger partial charge in [0, 0.05) is 28.3 Å². The van der Waals surface area contributed by atoms with Gasteiger partial charge in [-0.05, 0) is 31.9 Å².